The van der Waals surface area contributed by atoms with E-state index in [0.717, 1.165) is 5.69 Å². The van der Waals surface area contributed by atoms with Crippen molar-refractivity contribution in [3.05, 3.63) is 84.4 Å². The summed E-state index contributed by atoms with van der Waals surface area (Å²) in [5.41, 5.74) is 2.11. The fraction of sp³-hybridized carbons (Fsp3) is 0.0870. The second kappa shape index (κ2) is 8.16. The number of oxazole rings is 1. The van der Waals surface area contributed by atoms with Gasteiger partial charge in [-0.15, -0.1) is 0 Å². The molecule has 0 aliphatic heterocycles. The molecule has 0 fully saturated rings. The molecule has 0 atom stereocenters. The molecule has 2 aromatic carbocycles. The van der Waals surface area contributed by atoms with Crippen LogP contribution in [-0.4, -0.2) is 30.0 Å². The van der Waals surface area contributed by atoms with Crippen LogP contribution >= 0.6 is 0 Å². The van der Waals surface area contributed by atoms with Crippen LogP contribution in [0.25, 0.3) is 22.8 Å². The number of aromatic nitrogens is 2. The van der Waals surface area contributed by atoms with Crippen LogP contribution in [-0.2, 0) is 0 Å². The van der Waals surface area contributed by atoms with Gasteiger partial charge in [0.05, 0.1) is 29.2 Å². The predicted octanol–water partition coefficient (Wildman–Crippen LogP) is 4.86. The number of nitrogens with zero attached hydrogens (tertiary/aromatic N) is 3. The molecule has 0 radical (unpaired) electrons. The minimum Gasteiger partial charge on any atom is -0.436 e. The van der Waals surface area contributed by atoms with E-state index in [1.165, 1.54) is 12.3 Å². The summed E-state index contributed by atoms with van der Waals surface area (Å²) < 4.78 is 19.8. The second-order valence-corrected chi connectivity index (χ2v) is 6.81. The zero-order valence-electron chi connectivity index (χ0n) is 16.5. The lowest BCUT2D eigenvalue weighted by Gasteiger charge is -2.12. The Morgan fingerprint density at radius 2 is 1.67 bits per heavy atom. The Kier molecular flexibility index (Phi) is 5.26. The lowest BCUT2D eigenvalue weighted by Crippen LogP contribution is -2.15. The molecular weight excluding hydrogens is 383 g/mol. The third-order valence-corrected chi connectivity index (χ3v) is 4.55. The number of benzene rings is 2. The van der Waals surface area contributed by atoms with E-state index in [1.807, 2.05) is 25.1 Å². The summed E-state index contributed by atoms with van der Waals surface area (Å²) in [4.78, 5) is 23.3. The molecular formula is C23H19FN4O2. The van der Waals surface area contributed by atoms with Gasteiger partial charge in [0.15, 0.2) is 5.76 Å². The predicted molar refractivity (Wildman–Crippen MR) is 114 cm³/mol. The van der Waals surface area contributed by atoms with Gasteiger partial charge in [0.25, 0.3) is 5.91 Å². The SMILES string of the molecule is CN(C)c1ccc(NC(=O)c2ccccc2-c2ncc(-c3ccccc3F)o2)nc1. The standard InChI is InChI=1S/C23H19FN4O2/c1-28(2)15-11-12-21(25-13-15)27-22(29)16-7-3-4-8-17(16)23-26-14-20(30-23)18-9-5-6-10-19(18)24/h3-14H,1-2H3,(H,25,27,29). The molecule has 0 unspecified atom stereocenters. The minimum absolute atomic E-state index is 0.231. The third-order valence-electron chi connectivity index (χ3n) is 4.55. The van der Waals surface area contributed by atoms with Gasteiger partial charge in [0.2, 0.25) is 5.89 Å². The van der Waals surface area contributed by atoms with Crippen LogP contribution < -0.4 is 10.2 Å². The van der Waals surface area contributed by atoms with Crippen molar-refractivity contribution >= 4 is 17.4 Å². The molecule has 1 N–H and O–H groups in total. The first kappa shape index (κ1) is 19.3. The van der Waals surface area contributed by atoms with Gasteiger partial charge in [-0.3, -0.25) is 4.79 Å². The topological polar surface area (TPSA) is 71.3 Å². The molecule has 150 valence electrons. The van der Waals surface area contributed by atoms with Crippen LogP contribution in [0.4, 0.5) is 15.9 Å². The highest BCUT2D eigenvalue weighted by Gasteiger charge is 2.18. The van der Waals surface area contributed by atoms with Crippen LogP contribution in [0.1, 0.15) is 10.4 Å². The maximum atomic E-state index is 14.1. The van der Waals surface area contributed by atoms with Gasteiger partial charge in [-0.2, -0.15) is 0 Å². The maximum Gasteiger partial charge on any atom is 0.257 e. The molecule has 1 amide bonds. The number of halogens is 1. The minimum atomic E-state index is -0.404. The lowest BCUT2D eigenvalue weighted by atomic mass is 10.1. The average Bonchev–Trinajstić information content (AvgIpc) is 3.24. The van der Waals surface area contributed by atoms with Crippen molar-refractivity contribution in [3.8, 4) is 22.8 Å². The second-order valence-electron chi connectivity index (χ2n) is 6.81. The number of carbonyl (C=O) groups is 1. The number of carbonyl (C=O) groups excluding carboxylic acids is 1. The Morgan fingerprint density at radius 1 is 0.933 bits per heavy atom. The summed E-state index contributed by atoms with van der Waals surface area (Å²) in [5, 5.41) is 2.78. The summed E-state index contributed by atoms with van der Waals surface area (Å²) >= 11 is 0. The first-order valence-corrected chi connectivity index (χ1v) is 9.28. The van der Waals surface area contributed by atoms with Crippen molar-refractivity contribution in [2.24, 2.45) is 0 Å². The summed E-state index contributed by atoms with van der Waals surface area (Å²) in [6.45, 7) is 0. The zero-order valence-corrected chi connectivity index (χ0v) is 16.5. The normalized spacial score (nSPS) is 10.6. The molecule has 6 nitrogen and oxygen atoms in total. The molecule has 0 saturated heterocycles. The van der Waals surface area contributed by atoms with E-state index in [2.05, 4.69) is 15.3 Å². The van der Waals surface area contributed by atoms with Crippen molar-refractivity contribution in [3.63, 3.8) is 0 Å². The van der Waals surface area contributed by atoms with Gasteiger partial charge in [-0.1, -0.05) is 24.3 Å². The molecule has 0 aliphatic rings. The summed E-state index contributed by atoms with van der Waals surface area (Å²) in [7, 11) is 3.83. The summed E-state index contributed by atoms with van der Waals surface area (Å²) in [6, 6.07) is 16.8. The monoisotopic (exact) mass is 402 g/mol. The Bertz CT molecular complexity index is 1190. The number of nitrogens with one attached hydrogen (secondary N) is 1. The highest BCUT2D eigenvalue weighted by Crippen LogP contribution is 2.29. The Hall–Kier alpha value is -4.00. The Balaban J connectivity index is 1.61. The lowest BCUT2D eigenvalue weighted by molar-refractivity contribution is 0.102. The first-order chi connectivity index (χ1) is 14.5. The number of anilines is 2. The highest BCUT2D eigenvalue weighted by atomic mass is 19.1. The number of hydrogen-bond donors (Lipinski definition) is 1. The maximum absolute atomic E-state index is 14.1. The van der Waals surface area contributed by atoms with E-state index < -0.39 is 5.82 Å². The van der Waals surface area contributed by atoms with Gasteiger partial charge in [-0.25, -0.2) is 14.4 Å². The highest BCUT2D eigenvalue weighted by molar-refractivity contribution is 6.07. The molecule has 4 aromatic rings. The van der Waals surface area contributed by atoms with Crippen molar-refractivity contribution in [1.82, 2.24) is 9.97 Å². The van der Waals surface area contributed by atoms with Crippen molar-refractivity contribution in [1.29, 1.82) is 0 Å². The number of rotatable bonds is 5. The van der Waals surface area contributed by atoms with E-state index in [1.54, 1.807) is 54.7 Å². The number of hydrogen-bond acceptors (Lipinski definition) is 5. The molecule has 0 aliphatic carbocycles. The first-order valence-electron chi connectivity index (χ1n) is 9.28. The van der Waals surface area contributed by atoms with Crippen LogP contribution in [0, 0.1) is 5.82 Å². The van der Waals surface area contributed by atoms with Crippen LogP contribution in [0.2, 0.25) is 0 Å². The zero-order chi connectivity index (χ0) is 21.1. The number of amides is 1. The van der Waals surface area contributed by atoms with Crippen LogP contribution in [0.15, 0.2) is 77.5 Å². The van der Waals surface area contributed by atoms with Crippen LogP contribution in [0.5, 0.6) is 0 Å². The Morgan fingerprint density at radius 3 is 2.37 bits per heavy atom. The third kappa shape index (κ3) is 3.91. The smallest absolute Gasteiger partial charge is 0.257 e. The number of pyridine rings is 1. The van der Waals surface area contributed by atoms with E-state index in [9.17, 15) is 9.18 Å². The van der Waals surface area contributed by atoms with E-state index in [-0.39, 0.29) is 11.8 Å². The van der Waals surface area contributed by atoms with E-state index >= 15 is 0 Å². The molecule has 0 bridgehead atoms. The molecule has 30 heavy (non-hydrogen) atoms. The van der Waals surface area contributed by atoms with Gasteiger partial charge in [0, 0.05) is 19.7 Å². The molecule has 0 spiro atoms. The van der Waals surface area contributed by atoms with Gasteiger partial charge >= 0.3 is 0 Å². The molecule has 2 heterocycles. The summed E-state index contributed by atoms with van der Waals surface area (Å²) in [5.74, 6) is 0.203. The van der Waals surface area contributed by atoms with Gasteiger partial charge in [-0.05, 0) is 36.4 Å². The fourth-order valence-electron chi connectivity index (χ4n) is 2.96. The van der Waals surface area contributed by atoms with Crippen molar-refractivity contribution in [2.45, 2.75) is 0 Å². The molecule has 7 heteroatoms. The fourth-order valence-corrected chi connectivity index (χ4v) is 2.96. The van der Waals surface area contributed by atoms with Gasteiger partial charge in [0.1, 0.15) is 11.6 Å². The molecule has 0 saturated carbocycles. The van der Waals surface area contributed by atoms with Crippen LogP contribution in [0.3, 0.4) is 0 Å². The quantitative estimate of drug-likeness (QED) is 0.516. The van der Waals surface area contributed by atoms with Crippen molar-refractivity contribution < 1.29 is 13.6 Å². The van der Waals surface area contributed by atoms with Crippen molar-refractivity contribution in [2.75, 3.05) is 24.3 Å². The van der Waals surface area contributed by atoms with E-state index in [0.29, 0.717) is 28.3 Å². The molecule has 4 rings (SSSR count). The molecule has 2 aromatic heterocycles. The summed E-state index contributed by atoms with van der Waals surface area (Å²) in [6.07, 6.45) is 3.13. The average molecular weight is 402 g/mol. The largest absolute Gasteiger partial charge is 0.436 e. The van der Waals surface area contributed by atoms with Gasteiger partial charge < -0.3 is 14.6 Å². The Labute approximate surface area is 173 Å². The van der Waals surface area contributed by atoms with E-state index in [4.69, 9.17) is 4.42 Å².